The van der Waals surface area contributed by atoms with Crippen molar-refractivity contribution in [2.24, 2.45) is 11.5 Å². The SMILES string of the molecule is NCCCCC(NC(=O)CN)C(=O)NC(CS)C(=O)NC(Cc1c[nH]c2ccccc12)C(=O)O. The number of fused-ring (bicyclic) bond motifs is 1. The number of carbonyl (C=O) groups is 4. The number of rotatable bonds is 14. The molecule has 0 spiro atoms. The Morgan fingerprint density at radius 3 is 2.29 bits per heavy atom. The second-order valence-corrected chi connectivity index (χ2v) is 8.18. The first-order valence-corrected chi connectivity index (χ1v) is 11.6. The summed E-state index contributed by atoms with van der Waals surface area (Å²) in [5.74, 6) is -3.07. The van der Waals surface area contributed by atoms with Gasteiger partial charge in [0.2, 0.25) is 17.7 Å². The first-order valence-electron chi connectivity index (χ1n) is 11.0. The average molecular weight is 493 g/mol. The molecule has 11 nitrogen and oxygen atoms in total. The minimum atomic E-state index is -1.22. The molecule has 186 valence electrons. The summed E-state index contributed by atoms with van der Waals surface area (Å²) in [7, 11) is 0. The van der Waals surface area contributed by atoms with Crippen LogP contribution in [0.2, 0.25) is 0 Å². The second kappa shape index (κ2) is 13.6. The maximum atomic E-state index is 12.8. The molecule has 3 amide bonds. The van der Waals surface area contributed by atoms with E-state index in [0.717, 1.165) is 16.5 Å². The molecule has 0 saturated carbocycles. The monoisotopic (exact) mass is 492 g/mol. The van der Waals surface area contributed by atoms with Gasteiger partial charge in [-0.2, -0.15) is 12.6 Å². The number of carbonyl (C=O) groups excluding carboxylic acids is 3. The van der Waals surface area contributed by atoms with Crippen molar-refractivity contribution in [2.75, 3.05) is 18.8 Å². The van der Waals surface area contributed by atoms with Gasteiger partial charge in [-0.25, -0.2) is 4.79 Å². The van der Waals surface area contributed by atoms with Gasteiger partial charge in [-0.05, 0) is 37.4 Å². The van der Waals surface area contributed by atoms with Gasteiger partial charge in [-0.1, -0.05) is 18.2 Å². The molecule has 3 atom stereocenters. The van der Waals surface area contributed by atoms with Crippen molar-refractivity contribution < 1.29 is 24.3 Å². The Kier molecular flexibility index (Phi) is 10.8. The molecular formula is C22H32N6O5S. The highest BCUT2D eigenvalue weighted by atomic mass is 32.1. The van der Waals surface area contributed by atoms with Crippen molar-refractivity contribution in [3.63, 3.8) is 0 Å². The first kappa shape index (κ1) is 27.2. The van der Waals surface area contributed by atoms with Crippen molar-refractivity contribution in [3.05, 3.63) is 36.0 Å². The Hall–Kier alpha value is -3.09. The molecule has 1 aromatic heterocycles. The molecular weight excluding hydrogens is 460 g/mol. The Balaban J connectivity index is 2.06. The molecule has 0 aliphatic carbocycles. The number of thiol groups is 1. The van der Waals surface area contributed by atoms with Crippen molar-refractivity contribution in [3.8, 4) is 0 Å². The summed E-state index contributed by atoms with van der Waals surface area (Å²) in [6, 6.07) is 4.20. The van der Waals surface area contributed by atoms with Crippen molar-refractivity contribution >= 4 is 47.2 Å². The number of carboxylic acids is 1. The number of amides is 3. The van der Waals surface area contributed by atoms with Gasteiger partial charge in [0.05, 0.1) is 6.54 Å². The maximum Gasteiger partial charge on any atom is 0.326 e. The quantitative estimate of drug-likeness (QED) is 0.126. The summed E-state index contributed by atoms with van der Waals surface area (Å²) in [4.78, 5) is 52.2. The molecule has 3 unspecified atom stereocenters. The summed E-state index contributed by atoms with van der Waals surface area (Å²) in [6.45, 7) is 0.152. The number of unbranched alkanes of at least 4 members (excludes halogenated alkanes) is 1. The van der Waals surface area contributed by atoms with E-state index < -0.39 is 41.8 Å². The maximum absolute atomic E-state index is 12.8. The smallest absolute Gasteiger partial charge is 0.326 e. The van der Waals surface area contributed by atoms with Crippen LogP contribution >= 0.6 is 12.6 Å². The molecule has 0 bridgehead atoms. The fraction of sp³-hybridized carbons (Fsp3) is 0.455. The number of aromatic nitrogens is 1. The van der Waals surface area contributed by atoms with Crippen LogP contribution in [0.4, 0.5) is 0 Å². The van der Waals surface area contributed by atoms with Gasteiger partial charge >= 0.3 is 5.97 Å². The van der Waals surface area contributed by atoms with Gasteiger partial charge in [0, 0.05) is 29.3 Å². The van der Waals surface area contributed by atoms with E-state index in [-0.39, 0.29) is 18.7 Å². The lowest BCUT2D eigenvalue weighted by atomic mass is 10.0. The largest absolute Gasteiger partial charge is 0.480 e. The van der Waals surface area contributed by atoms with Gasteiger partial charge < -0.3 is 37.5 Å². The number of nitrogens with one attached hydrogen (secondary N) is 4. The normalized spacial score (nSPS) is 13.6. The molecule has 12 heteroatoms. The molecule has 2 rings (SSSR count). The number of para-hydroxylation sites is 1. The third-order valence-corrected chi connectivity index (χ3v) is 5.68. The van der Waals surface area contributed by atoms with Gasteiger partial charge in [0.1, 0.15) is 18.1 Å². The van der Waals surface area contributed by atoms with E-state index in [4.69, 9.17) is 11.5 Å². The van der Waals surface area contributed by atoms with E-state index in [1.54, 1.807) is 6.20 Å². The zero-order chi connectivity index (χ0) is 25.1. The number of aromatic amines is 1. The fourth-order valence-electron chi connectivity index (χ4n) is 3.47. The minimum absolute atomic E-state index is 0.0482. The zero-order valence-electron chi connectivity index (χ0n) is 18.8. The molecule has 0 saturated heterocycles. The molecule has 0 fully saturated rings. The van der Waals surface area contributed by atoms with Crippen LogP contribution in [0.1, 0.15) is 24.8 Å². The number of hydrogen-bond donors (Lipinski definition) is 8. The average Bonchev–Trinajstić information content (AvgIpc) is 3.23. The van der Waals surface area contributed by atoms with Crippen LogP contribution in [0.3, 0.4) is 0 Å². The van der Waals surface area contributed by atoms with E-state index in [1.807, 2.05) is 24.3 Å². The van der Waals surface area contributed by atoms with Gasteiger partial charge in [-0.3, -0.25) is 14.4 Å². The molecule has 0 aliphatic rings. The van der Waals surface area contributed by atoms with Crippen LogP contribution in [-0.2, 0) is 25.6 Å². The third-order valence-electron chi connectivity index (χ3n) is 5.31. The van der Waals surface area contributed by atoms with E-state index in [1.165, 1.54) is 0 Å². The highest BCUT2D eigenvalue weighted by molar-refractivity contribution is 7.80. The standard InChI is InChI=1S/C22H32N6O5S/c23-8-4-3-7-16(26-19(29)10-24)20(30)28-18(12-34)21(31)27-17(22(32)33)9-13-11-25-15-6-2-1-5-14(13)15/h1-2,5-6,11,16-18,25,34H,3-4,7-10,12,23-24H2,(H,26,29)(H,27,31)(H,28,30)(H,32,33). The van der Waals surface area contributed by atoms with Gasteiger partial charge in [0.25, 0.3) is 0 Å². The molecule has 34 heavy (non-hydrogen) atoms. The highest BCUT2D eigenvalue weighted by Gasteiger charge is 2.29. The lowest BCUT2D eigenvalue weighted by molar-refractivity contribution is -0.142. The zero-order valence-corrected chi connectivity index (χ0v) is 19.6. The number of hydrogen-bond acceptors (Lipinski definition) is 7. The number of benzene rings is 1. The molecule has 1 aromatic carbocycles. The molecule has 2 aromatic rings. The van der Waals surface area contributed by atoms with Crippen LogP contribution in [0.15, 0.2) is 30.5 Å². The molecule has 9 N–H and O–H groups in total. The van der Waals surface area contributed by atoms with E-state index in [0.29, 0.717) is 25.8 Å². The first-order chi connectivity index (χ1) is 16.3. The predicted molar refractivity (Wildman–Crippen MR) is 131 cm³/mol. The van der Waals surface area contributed by atoms with Crippen molar-refractivity contribution in [1.82, 2.24) is 20.9 Å². The summed E-state index contributed by atoms with van der Waals surface area (Å²) in [5, 5.41) is 18.1. The van der Waals surface area contributed by atoms with E-state index >= 15 is 0 Å². The molecule has 0 aliphatic heterocycles. The van der Waals surface area contributed by atoms with Gasteiger partial charge in [-0.15, -0.1) is 0 Å². The number of carboxylic acid groups (broad SMARTS) is 1. The van der Waals surface area contributed by atoms with Gasteiger partial charge in [0.15, 0.2) is 0 Å². The topological polar surface area (TPSA) is 192 Å². The fourth-order valence-corrected chi connectivity index (χ4v) is 3.73. The summed E-state index contributed by atoms with van der Waals surface area (Å²) in [6.07, 6.45) is 3.31. The third kappa shape index (κ3) is 7.75. The second-order valence-electron chi connectivity index (χ2n) is 7.82. The van der Waals surface area contributed by atoms with Crippen molar-refractivity contribution in [1.29, 1.82) is 0 Å². The summed E-state index contributed by atoms with van der Waals surface area (Å²) < 4.78 is 0. The lowest BCUT2D eigenvalue weighted by Gasteiger charge is -2.23. The predicted octanol–water partition coefficient (Wildman–Crippen LogP) is -0.733. The summed E-state index contributed by atoms with van der Waals surface area (Å²) >= 11 is 4.13. The summed E-state index contributed by atoms with van der Waals surface area (Å²) in [5.41, 5.74) is 12.4. The Morgan fingerprint density at radius 2 is 1.65 bits per heavy atom. The van der Waals surface area contributed by atoms with Crippen LogP contribution in [0, 0.1) is 0 Å². The minimum Gasteiger partial charge on any atom is -0.480 e. The van der Waals surface area contributed by atoms with Crippen LogP contribution in [0.25, 0.3) is 10.9 Å². The molecule has 0 radical (unpaired) electrons. The Bertz CT molecular complexity index is 997. The lowest BCUT2D eigenvalue weighted by Crippen LogP contribution is -2.57. The Morgan fingerprint density at radius 1 is 0.971 bits per heavy atom. The highest BCUT2D eigenvalue weighted by Crippen LogP contribution is 2.19. The van der Waals surface area contributed by atoms with Crippen LogP contribution in [0.5, 0.6) is 0 Å². The number of aliphatic carboxylic acids is 1. The van der Waals surface area contributed by atoms with Crippen LogP contribution in [-0.4, -0.2) is 70.7 Å². The number of nitrogens with two attached hydrogens (primary N) is 2. The Labute approximate surface area is 202 Å². The van der Waals surface area contributed by atoms with Crippen molar-refractivity contribution in [2.45, 2.75) is 43.8 Å². The van der Waals surface area contributed by atoms with Crippen LogP contribution < -0.4 is 27.4 Å². The number of H-pyrrole nitrogens is 1. The van der Waals surface area contributed by atoms with E-state index in [9.17, 15) is 24.3 Å². The molecule has 1 heterocycles. The van der Waals surface area contributed by atoms with E-state index in [2.05, 4.69) is 33.6 Å².